The summed E-state index contributed by atoms with van der Waals surface area (Å²) in [5.74, 6) is -2.19. The van der Waals surface area contributed by atoms with Crippen molar-refractivity contribution in [1.29, 1.82) is 0 Å². The molecule has 0 saturated carbocycles. The van der Waals surface area contributed by atoms with E-state index in [2.05, 4.69) is 30.9 Å². The van der Waals surface area contributed by atoms with E-state index in [1.807, 2.05) is 13.0 Å². The molecule has 0 aliphatic heterocycles. The molecule has 2 aromatic rings. The summed E-state index contributed by atoms with van der Waals surface area (Å²) >= 11 is 3.35. The second-order valence-electron chi connectivity index (χ2n) is 3.80. The van der Waals surface area contributed by atoms with Gasteiger partial charge in [-0.1, -0.05) is 27.2 Å². The van der Waals surface area contributed by atoms with Gasteiger partial charge in [-0.25, -0.2) is 4.79 Å². The number of carboxylic acids is 1. The lowest BCUT2D eigenvalue weighted by atomic mass is 10.2. The number of carboxylic acid groups (broad SMARTS) is 1. The second kappa shape index (κ2) is 5.23. The topological polar surface area (TPSA) is 92.4 Å². The molecule has 1 aromatic carbocycles. The normalized spacial score (nSPS) is 10.2. The molecule has 0 bridgehead atoms. The Labute approximate surface area is 116 Å². The molecule has 0 atom stereocenters. The van der Waals surface area contributed by atoms with E-state index < -0.39 is 11.9 Å². The summed E-state index contributed by atoms with van der Waals surface area (Å²) < 4.78 is 5.37. The monoisotopic (exact) mass is 324 g/mol. The highest BCUT2D eigenvalue weighted by atomic mass is 79.9. The fourth-order valence-corrected chi connectivity index (χ4v) is 1.73. The van der Waals surface area contributed by atoms with Gasteiger partial charge in [0.05, 0.1) is 0 Å². The van der Waals surface area contributed by atoms with Gasteiger partial charge in [0.1, 0.15) is 0 Å². The molecule has 6 nitrogen and oxygen atoms in total. The minimum Gasteiger partial charge on any atom is -0.475 e. The Kier molecular flexibility index (Phi) is 3.66. The number of aryl methyl sites for hydroxylation is 1. The quantitative estimate of drug-likeness (QED) is 0.905. The molecule has 19 heavy (non-hydrogen) atoms. The van der Waals surface area contributed by atoms with Crippen molar-refractivity contribution in [3.8, 4) is 0 Å². The molecule has 1 amide bonds. The van der Waals surface area contributed by atoms with Crippen LogP contribution in [0.4, 0.5) is 5.69 Å². The van der Waals surface area contributed by atoms with E-state index in [4.69, 9.17) is 5.11 Å². The predicted octanol–water partition coefficient (Wildman–Crippen LogP) is 2.70. The largest absolute Gasteiger partial charge is 0.475 e. The number of halogens is 1. The van der Waals surface area contributed by atoms with E-state index in [1.165, 1.54) is 0 Å². The molecule has 98 valence electrons. The van der Waals surface area contributed by atoms with E-state index in [0.717, 1.165) is 16.1 Å². The highest BCUT2D eigenvalue weighted by Crippen LogP contribution is 2.21. The van der Waals surface area contributed by atoms with Gasteiger partial charge in [0, 0.05) is 16.2 Å². The predicted molar refractivity (Wildman–Crippen MR) is 70.3 cm³/mol. The van der Waals surface area contributed by atoms with Crippen molar-refractivity contribution in [2.75, 3.05) is 5.32 Å². The van der Waals surface area contributed by atoms with Crippen molar-refractivity contribution >= 4 is 33.5 Å². The Balaban J connectivity index is 2.15. The maximum absolute atomic E-state index is 11.8. The van der Waals surface area contributed by atoms with Crippen LogP contribution in [0.15, 0.2) is 33.3 Å². The minimum atomic E-state index is -1.27. The molecular weight excluding hydrogens is 316 g/mol. The average molecular weight is 325 g/mol. The molecule has 1 aromatic heterocycles. The highest BCUT2D eigenvalue weighted by Gasteiger charge is 2.16. The van der Waals surface area contributed by atoms with Crippen molar-refractivity contribution in [1.82, 2.24) is 5.16 Å². The first kappa shape index (κ1) is 13.3. The third-order valence-electron chi connectivity index (χ3n) is 2.38. The fraction of sp³-hybridized carbons (Fsp3) is 0.0833. The molecule has 1 heterocycles. The van der Waals surface area contributed by atoms with E-state index in [1.54, 1.807) is 12.1 Å². The van der Waals surface area contributed by atoms with Crippen LogP contribution < -0.4 is 5.32 Å². The average Bonchev–Trinajstić information content (AvgIpc) is 2.83. The number of hydrogen-bond donors (Lipinski definition) is 2. The number of benzene rings is 1. The lowest BCUT2D eigenvalue weighted by molar-refractivity contribution is 0.0651. The molecule has 0 spiro atoms. The number of aromatic nitrogens is 1. The van der Waals surface area contributed by atoms with Crippen LogP contribution in [0.5, 0.6) is 0 Å². The van der Waals surface area contributed by atoms with E-state index in [0.29, 0.717) is 5.69 Å². The van der Waals surface area contributed by atoms with Crippen LogP contribution in [0.3, 0.4) is 0 Å². The molecule has 2 rings (SSSR count). The number of anilines is 1. The second-order valence-corrected chi connectivity index (χ2v) is 4.65. The van der Waals surface area contributed by atoms with Gasteiger partial charge in [-0.05, 0) is 24.6 Å². The van der Waals surface area contributed by atoms with Gasteiger partial charge in [0.15, 0.2) is 5.69 Å². The lowest BCUT2D eigenvalue weighted by Gasteiger charge is -2.04. The molecular formula is C12H9BrN2O4. The highest BCUT2D eigenvalue weighted by molar-refractivity contribution is 9.10. The van der Waals surface area contributed by atoms with Crippen molar-refractivity contribution in [3.05, 3.63) is 45.8 Å². The smallest absolute Gasteiger partial charge is 0.374 e. The number of amides is 1. The van der Waals surface area contributed by atoms with Gasteiger partial charge in [-0.3, -0.25) is 4.79 Å². The maximum atomic E-state index is 11.8. The van der Waals surface area contributed by atoms with Gasteiger partial charge >= 0.3 is 5.97 Å². The van der Waals surface area contributed by atoms with Crippen LogP contribution in [0, 0.1) is 6.92 Å². The third-order valence-corrected chi connectivity index (χ3v) is 3.24. The SMILES string of the molecule is Cc1ccc(NC(=O)c2cc(C(=O)O)on2)cc1Br. The van der Waals surface area contributed by atoms with Crippen molar-refractivity contribution in [2.24, 2.45) is 0 Å². The van der Waals surface area contributed by atoms with E-state index in [-0.39, 0.29) is 11.5 Å². The standard InChI is InChI=1S/C12H9BrN2O4/c1-6-2-3-7(4-8(6)13)14-11(16)9-5-10(12(17)18)19-15-9/h2-5H,1H3,(H,14,16)(H,17,18). The first-order valence-corrected chi connectivity index (χ1v) is 6.04. The fourth-order valence-electron chi connectivity index (χ4n) is 1.35. The molecule has 0 fully saturated rings. The number of carbonyl (C=O) groups is 2. The summed E-state index contributed by atoms with van der Waals surface area (Å²) in [5.41, 5.74) is 1.52. The molecule has 0 radical (unpaired) electrons. The van der Waals surface area contributed by atoms with Crippen LogP contribution in [0.2, 0.25) is 0 Å². The zero-order valence-corrected chi connectivity index (χ0v) is 11.4. The number of nitrogens with one attached hydrogen (secondary N) is 1. The third kappa shape index (κ3) is 3.00. The van der Waals surface area contributed by atoms with Crippen LogP contribution in [-0.4, -0.2) is 22.1 Å². The number of aromatic carboxylic acids is 1. The maximum Gasteiger partial charge on any atom is 0.374 e. The van der Waals surface area contributed by atoms with Gasteiger partial charge in [0.2, 0.25) is 5.76 Å². The van der Waals surface area contributed by atoms with Crippen LogP contribution in [0.25, 0.3) is 0 Å². The molecule has 0 aliphatic carbocycles. The first-order chi connectivity index (χ1) is 8.97. The number of rotatable bonds is 3. The van der Waals surface area contributed by atoms with Gasteiger partial charge in [0.25, 0.3) is 5.91 Å². The summed E-state index contributed by atoms with van der Waals surface area (Å²) in [6.45, 7) is 1.92. The zero-order valence-electron chi connectivity index (χ0n) is 9.81. The minimum absolute atomic E-state index is 0.0888. The van der Waals surface area contributed by atoms with Gasteiger partial charge in [-0.15, -0.1) is 0 Å². The molecule has 2 N–H and O–H groups in total. The van der Waals surface area contributed by atoms with Crippen molar-refractivity contribution < 1.29 is 19.2 Å². The van der Waals surface area contributed by atoms with Crippen LogP contribution >= 0.6 is 15.9 Å². The summed E-state index contributed by atoms with van der Waals surface area (Å²) in [6, 6.07) is 6.38. The summed E-state index contributed by atoms with van der Waals surface area (Å²) in [5, 5.41) is 14.7. The Hall–Kier alpha value is -2.15. The van der Waals surface area contributed by atoms with E-state index in [9.17, 15) is 9.59 Å². The Bertz CT molecular complexity index is 651. The number of hydrogen-bond acceptors (Lipinski definition) is 4. The van der Waals surface area contributed by atoms with Crippen molar-refractivity contribution in [2.45, 2.75) is 6.92 Å². The lowest BCUT2D eigenvalue weighted by Crippen LogP contribution is -2.12. The van der Waals surface area contributed by atoms with Gasteiger partial charge in [-0.2, -0.15) is 0 Å². The number of nitrogens with zero attached hydrogens (tertiary/aromatic N) is 1. The van der Waals surface area contributed by atoms with Crippen LogP contribution in [-0.2, 0) is 0 Å². The Morgan fingerprint density at radius 2 is 2.11 bits per heavy atom. The van der Waals surface area contributed by atoms with Gasteiger partial charge < -0.3 is 14.9 Å². The zero-order chi connectivity index (χ0) is 14.0. The molecule has 0 unspecified atom stereocenters. The number of carbonyl (C=O) groups excluding carboxylic acids is 1. The Morgan fingerprint density at radius 3 is 2.68 bits per heavy atom. The molecule has 7 heteroatoms. The molecule has 0 saturated heterocycles. The van der Waals surface area contributed by atoms with Crippen molar-refractivity contribution in [3.63, 3.8) is 0 Å². The van der Waals surface area contributed by atoms with E-state index >= 15 is 0 Å². The summed E-state index contributed by atoms with van der Waals surface area (Å²) in [4.78, 5) is 22.4. The molecule has 0 aliphatic rings. The summed E-state index contributed by atoms with van der Waals surface area (Å²) in [6.07, 6.45) is 0. The van der Waals surface area contributed by atoms with Crippen LogP contribution in [0.1, 0.15) is 26.6 Å². The first-order valence-electron chi connectivity index (χ1n) is 5.25. The Morgan fingerprint density at radius 1 is 1.37 bits per heavy atom. The summed E-state index contributed by atoms with van der Waals surface area (Å²) in [7, 11) is 0.